The molecule has 1 saturated heterocycles. The Morgan fingerprint density at radius 2 is 2.00 bits per heavy atom. The van der Waals surface area contributed by atoms with Crippen molar-refractivity contribution in [3.8, 4) is 0 Å². The molecule has 0 unspecified atom stereocenters. The van der Waals surface area contributed by atoms with Gasteiger partial charge in [-0.05, 0) is 33.6 Å². The van der Waals surface area contributed by atoms with Crippen LogP contribution in [-0.2, 0) is 0 Å². The van der Waals surface area contributed by atoms with Crippen LogP contribution >= 0.6 is 28.3 Å². The molecule has 0 bridgehead atoms. The molecule has 1 aliphatic rings. The normalized spacial score (nSPS) is 18.1. The number of aliphatic hydroxyl groups is 1. The molecule has 3 nitrogen and oxygen atoms in total. The van der Waals surface area contributed by atoms with Crippen LogP contribution in [0.1, 0.15) is 25.5 Å². The maximum absolute atomic E-state index is 13.5. The third kappa shape index (κ3) is 4.39. The Kier molecular flexibility index (Phi) is 7.07. The number of benzene rings is 1. The van der Waals surface area contributed by atoms with Crippen molar-refractivity contribution in [1.29, 1.82) is 0 Å². The third-order valence-corrected chi connectivity index (χ3v) is 4.53. The van der Waals surface area contributed by atoms with E-state index in [1.807, 2.05) is 12.1 Å². The van der Waals surface area contributed by atoms with E-state index in [4.69, 9.17) is 0 Å². The fourth-order valence-electron chi connectivity index (χ4n) is 2.87. The number of halogens is 3. The number of hydrogen-bond donors (Lipinski definition) is 2. The molecule has 2 N–H and O–H groups in total. The molecule has 0 saturated carbocycles. The van der Waals surface area contributed by atoms with E-state index in [1.165, 1.54) is 6.07 Å². The SMILES string of the molecule is CC(C)(CO)[C@@H](c1ccc(F)c(Br)c1)N1CCNCC1.Cl. The van der Waals surface area contributed by atoms with Gasteiger partial charge in [-0.25, -0.2) is 4.39 Å². The van der Waals surface area contributed by atoms with Gasteiger partial charge < -0.3 is 10.4 Å². The van der Waals surface area contributed by atoms with Crippen molar-refractivity contribution in [1.82, 2.24) is 10.2 Å². The fourth-order valence-corrected chi connectivity index (χ4v) is 3.26. The molecule has 6 heteroatoms. The highest BCUT2D eigenvalue weighted by atomic mass is 79.9. The summed E-state index contributed by atoms with van der Waals surface area (Å²) in [6.45, 7) is 7.96. The Morgan fingerprint density at radius 1 is 1.38 bits per heavy atom. The summed E-state index contributed by atoms with van der Waals surface area (Å²) in [7, 11) is 0. The number of hydrogen-bond acceptors (Lipinski definition) is 3. The van der Waals surface area contributed by atoms with Crippen molar-refractivity contribution in [3.63, 3.8) is 0 Å². The van der Waals surface area contributed by atoms with Crippen LogP contribution in [0, 0.1) is 11.2 Å². The number of nitrogens with one attached hydrogen (secondary N) is 1. The predicted octanol–water partition coefficient (Wildman–Crippen LogP) is 2.97. The number of piperazine rings is 1. The Labute approximate surface area is 140 Å². The number of rotatable bonds is 4. The molecule has 0 amide bonds. The molecule has 120 valence electrons. The smallest absolute Gasteiger partial charge is 0.137 e. The molecule has 1 heterocycles. The first-order valence-electron chi connectivity index (χ1n) is 6.96. The van der Waals surface area contributed by atoms with E-state index in [2.05, 4.69) is 40.0 Å². The molecule has 1 aliphatic heterocycles. The van der Waals surface area contributed by atoms with E-state index >= 15 is 0 Å². The minimum Gasteiger partial charge on any atom is -0.396 e. The summed E-state index contributed by atoms with van der Waals surface area (Å²) in [5.74, 6) is -0.255. The molecule has 0 spiro atoms. The maximum Gasteiger partial charge on any atom is 0.137 e. The van der Waals surface area contributed by atoms with Crippen LogP contribution in [0.5, 0.6) is 0 Å². The van der Waals surface area contributed by atoms with Crippen LogP contribution in [0.3, 0.4) is 0 Å². The largest absolute Gasteiger partial charge is 0.396 e. The molecular formula is C15H23BrClFN2O. The molecule has 21 heavy (non-hydrogen) atoms. The van der Waals surface area contributed by atoms with Gasteiger partial charge in [0.05, 0.1) is 4.47 Å². The summed E-state index contributed by atoms with van der Waals surface area (Å²) < 4.78 is 13.9. The summed E-state index contributed by atoms with van der Waals surface area (Å²) in [6, 6.07) is 5.22. The van der Waals surface area contributed by atoms with Crippen LogP contribution in [-0.4, -0.2) is 42.8 Å². The van der Waals surface area contributed by atoms with E-state index in [0.717, 1.165) is 31.7 Å². The first-order chi connectivity index (χ1) is 9.45. The highest BCUT2D eigenvalue weighted by molar-refractivity contribution is 9.10. The molecule has 0 radical (unpaired) electrons. The van der Waals surface area contributed by atoms with Gasteiger partial charge >= 0.3 is 0 Å². The van der Waals surface area contributed by atoms with Crippen LogP contribution in [0.15, 0.2) is 22.7 Å². The van der Waals surface area contributed by atoms with Crippen molar-refractivity contribution in [2.24, 2.45) is 5.41 Å². The van der Waals surface area contributed by atoms with E-state index < -0.39 is 0 Å². The Bertz CT molecular complexity index is 467. The summed E-state index contributed by atoms with van der Waals surface area (Å²) in [5.41, 5.74) is 0.758. The van der Waals surface area contributed by atoms with Gasteiger partial charge in [-0.2, -0.15) is 0 Å². The maximum atomic E-state index is 13.5. The average molecular weight is 382 g/mol. The highest BCUT2D eigenvalue weighted by Crippen LogP contribution is 2.39. The fraction of sp³-hybridized carbons (Fsp3) is 0.600. The monoisotopic (exact) mass is 380 g/mol. The van der Waals surface area contributed by atoms with Gasteiger partial charge in [0, 0.05) is 44.2 Å². The Hall–Kier alpha value is -0.200. The van der Waals surface area contributed by atoms with Gasteiger partial charge in [-0.15, -0.1) is 12.4 Å². The summed E-state index contributed by atoms with van der Waals surface area (Å²) in [4.78, 5) is 2.37. The third-order valence-electron chi connectivity index (χ3n) is 3.92. The highest BCUT2D eigenvalue weighted by Gasteiger charge is 2.35. The minimum absolute atomic E-state index is 0. The van der Waals surface area contributed by atoms with E-state index in [0.29, 0.717) is 4.47 Å². The standard InChI is InChI=1S/C15H22BrFN2O.ClH/c1-15(2,10-20)14(19-7-5-18-6-8-19)11-3-4-13(17)12(16)9-11;/h3-4,9,14,18,20H,5-8,10H2,1-2H3;1H/t14-;/m1./s1. The van der Waals surface area contributed by atoms with Crippen molar-refractivity contribution in [3.05, 3.63) is 34.1 Å². The number of aliphatic hydroxyl groups excluding tert-OH is 1. The molecule has 1 atom stereocenters. The minimum atomic E-state index is -0.283. The van der Waals surface area contributed by atoms with E-state index in [9.17, 15) is 9.50 Å². The zero-order chi connectivity index (χ0) is 14.8. The zero-order valence-corrected chi connectivity index (χ0v) is 14.8. The van der Waals surface area contributed by atoms with Gasteiger partial charge in [0.15, 0.2) is 0 Å². The van der Waals surface area contributed by atoms with Crippen molar-refractivity contribution >= 4 is 28.3 Å². The second-order valence-electron chi connectivity index (χ2n) is 6.01. The molecule has 1 aromatic carbocycles. The lowest BCUT2D eigenvalue weighted by atomic mass is 9.80. The molecule has 0 aliphatic carbocycles. The van der Waals surface area contributed by atoms with E-state index in [1.54, 1.807) is 0 Å². The van der Waals surface area contributed by atoms with Gasteiger partial charge in [-0.3, -0.25) is 4.90 Å². The average Bonchev–Trinajstić information content (AvgIpc) is 2.44. The van der Waals surface area contributed by atoms with Gasteiger partial charge in [0.25, 0.3) is 0 Å². The van der Waals surface area contributed by atoms with Crippen LogP contribution in [0.25, 0.3) is 0 Å². The van der Waals surface area contributed by atoms with Gasteiger partial charge in [0.2, 0.25) is 0 Å². The van der Waals surface area contributed by atoms with E-state index in [-0.39, 0.29) is 36.3 Å². The first kappa shape index (κ1) is 18.8. The second-order valence-corrected chi connectivity index (χ2v) is 6.86. The Balaban J connectivity index is 0.00000220. The molecule has 1 aromatic rings. The second kappa shape index (κ2) is 7.88. The molecule has 0 aromatic heterocycles. The lowest BCUT2D eigenvalue weighted by Crippen LogP contribution is -2.49. The summed E-state index contributed by atoms with van der Waals surface area (Å²) >= 11 is 3.26. The van der Waals surface area contributed by atoms with Crippen molar-refractivity contribution < 1.29 is 9.50 Å². The zero-order valence-electron chi connectivity index (χ0n) is 12.4. The summed E-state index contributed by atoms with van der Waals surface area (Å²) in [6.07, 6.45) is 0. The Morgan fingerprint density at radius 3 is 2.52 bits per heavy atom. The van der Waals surface area contributed by atoms with Crippen molar-refractivity contribution in [2.75, 3.05) is 32.8 Å². The van der Waals surface area contributed by atoms with Gasteiger partial charge in [-0.1, -0.05) is 19.9 Å². The van der Waals surface area contributed by atoms with Crippen LogP contribution in [0.4, 0.5) is 4.39 Å². The van der Waals surface area contributed by atoms with Crippen LogP contribution < -0.4 is 5.32 Å². The predicted molar refractivity (Wildman–Crippen MR) is 89.4 cm³/mol. The lowest BCUT2D eigenvalue weighted by Gasteiger charge is -2.43. The lowest BCUT2D eigenvalue weighted by molar-refractivity contribution is 0.0304. The summed E-state index contributed by atoms with van der Waals surface area (Å²) in [5, 5.41) is 13.1. The number of nitrogens with zero attached hydrogens (tertiary/aromatic N) is 1. The van der Waals surface area contributed by atoms with Crippen LogP contribution in [0.2, 0.25) is 0 Å². The van der Waals surface area contributed by atoms with Gasteiger partial charge in [0.1, 0.15) is 5.82 Å². The first-order valence-corrected chi connectivity index (χ1v) is 7.75. The quantitative estimate of drug-likeness (QED) is 0.842. The molecule has 2 rings (SSSR count). The van der Waals surface area contributed by atoms with Crippen molar-refractivity contribution in [2.45, 2.75) is 19.9 Å². The molecule has 1 fully saturated rings. The molecular weight excluding hydrogens is 359 g/mol. The topological polar surface area (TPSA) is 35.5 Å².